The molecule has 2 aromatic carbocycles. The molecule has 0 amide bonds. The van der Waals surface area contributed by atoms with Crippen LogP contribution in [0.2, 0.25) is 0 Å². The van der Waals surface area contributed by atoms with Crippen molar-refractivity contribution in [3.63, 3.8) is 0 Å². The Morgan fingerprint density at radius 2 is 1.33 bits per heavy atom. The fourth-order valence-electron chi connectivity index (χ4n) is 1.93. The Kier molecular flexibility index (Phi) is 4.20. The lowest BCUT2D eigenvalue weighted by Gasteiger charge is -2.35. The summed E-state index contributed by atoms with van der Waals surface area (Å²) in [4.78, 5) is 0. The van der Waals surface area contributed by atoms with E-state index in [0.717, 1.165) is 11.4 Å². The topological polar surface area (TPSA) is 26.7 Å². The molecule has 94 valence electrons. The molecule has 2 aromatic rings. The molecule has 0 unspecified atom stereocenters. The highest BCUT2D eigenvalue weighted by atomic mass is 16.3. The standard InChI is InChI=1S/C15H18N2O/c1-16(14-8-4-2-5-9-14)17(12-13-18)15-10-6-3-7-11-15/h2-11,18H,12-13H2,1H3. The van der Waals surface area contributed by atoms with Crippen LogP contribution in [-0.2, 0) is 0 Å². The van der Waals surface area contributed by atoms with E-state index in [1.54, 1.807) is 0 Å². The van der Waals surface area contributed by atoms with E-state index >= 15 is 0 Å². The maximum atomic E-state index is 9.23. The van der Waals surface area contributed by atoms with Gasteiger partial charge in [0.2, 0.25) is 0 Å². The van der Waals surface area contributed by atoms with Gasteiger partial charge >= 0.3 is 0 Å². The number of benzene rings is 2. The van der Waals surface area contributed by atoms with E-state index in [4.69, 9.17) is 0 Å². The van der Waals surface area contributed by atoms with Crippen LogP contribution in [0.4, 0.5) is 11.4 Å². The molecule has 1 N–H and O–H groups in total. The Labute approximate surface area is 108 Å². The molecule has 0 aliphatic rings. The molecule has 0 radical (unpaired) electrons. The van der Waals surface area contributed by atoms with Crippen LogP contribution in [0.25, 0.3) is 0 Å². The molecule has 0 bridgehead atoms. The predicted octanol–water partition coefficient (Wildman–Crippen LogP) is 2.54. The number of rotatable bonds is 5. The van der Waals surface area contributed by atoms with Gasteiger partial charge in [-0.15, -0.1) is 0 Å². The number of nitrogens with zero attached hydrogens (tertiary/aromatic N) is 2. The van der Waals surface area contributed by atoms with E-state index < -0.39 is 0 Å². The van der Waals surface area contributed by atoms with Crippen LogP contribution < -0.4 is 10.0 Å². The van der Waals surface area contributed by atoms with E-state index in [1.165, 1.54) is 0 Å². The molecular formula is C15H18N2O. The zero-order valence-electron chi connectivity index (χ0n) is 10.5. The number of hydrogen-bond acceptors (Lipinski definition) is 3. The van der Waals surface area contributed by atoms with Gasteiger partial charge in [0, 0.05) is 7.05 Å². The van der Waals surface area contributed by atoms with Crippen LogP contribution in [0.3, 0.4) is 0 Å². The Morgan fingerprint density at radius 3 is 1.83 bits per heavy atom. The predicted molar refractivity (Wildman–Crippen MR) is 75.7 cm³/mol. The average Bonchev–Trinajstić information content (AvgIpc) is 2.46. The van der Waals surface area contributed by atoms with Crippen molar-refractivity contribution in [2.75, 3.05) is 30.2 Å². The monoisotopic (exact) mass is 242 g/mol. The highest BCUT2D eigenvalue weighted by Crippen LogP contribution is 2.20. The molecule has 0 fully saturated rings. The van der Waals surface area contributed by atoms with Crippen molar-refractivity contribution in [1.82, 2.24) is 0 Å². The van der Waals surface area contributed by atoms with Crippen LogP contribution in [0.1, 0.15) is 0 Å². The number of aliphatic hydroxyl groups excluding tert-OH is 1. The second kappa shape index (κ2) is 6.07. The lowest BCUT2D eigenvalue weighted by atomic mass is 10.3. The van der Waals surface area contributed by atoms with Crippen LogP contribution >= 0.6 is 0 Å². The molecule has 0 atom stereocenters. The smallest absolute Gasteiger partial charge is 0.0628 e. The van der Waals surface area contributed by atoms with E-state index in [-0.39, 0.29) is 6.61 Å². The molecule has 0 saturated heterocycles. The summed E-state index contributed by atoms with van der Waals surface area (Å²) < 4.78 is 0. The van der Waals surface area contributed by atoms with Gasteiger partial charge in [-0.1, -0.05) is 36.4 Å². The second-order valence-electron chi connectivity index (χ2n) is 4.04. The van der Waals surface area contributed by atoms with E-state index in [1.807, 2.05) is 72.7 Å². The first-order chi connectivity index (χ1) is 8.83. The summed E-state index contributed by atoms with van der Waals surface area (Å²) in [6, 6.07) is 20.2. The molecule has 3 heteroatoms. The average molecular weight is 242 g/mol. The summed E-state index contributed by atoms with van der Waals surface area (Å²) in [6.45, 7) is 0.682. The SMILES string of the molecule is CN(c1ccccc1)N(CCO)c1ccccc1. The van der Waals surface area contributed by atoms with Crippen LogP contribution in [0.5, 0.6) is 0 Å². The van der Waals surface area contributed by atoms with Crippen molar-refractivity contribution in [3.05, 3.63) is 60.7 Å². The van der Waals surface area contributed by atoms with Gasteiger partial charge in [-0.25, -0.2) is 0 Å². The normalized spacial score (nSPS) is 10.1. The molecular weight excluding hydrogens is 224 g/mol. The minimum Gasteiger partial charge on any atom is -0.394 e. The van der Waals surface area contributed by atoms with Crippen molar-refractivity contribution >= 4 is 11.4 Å². The van der Waals surface area contributed by atoms with Crippen molar-refractivity contribution in [3.8, 4) is 0 Å². The van der Waals surface area contributed by atoms with Gasteiger partial charge in [0.15, 0.2) is 0 Å². The third-order valence-electron chi connectivity index (χ3n) is 2.86. The quantitative estimate of drug-likeness (QED) is 0.816. The largest absolute Gasteiger partial charge is 0.394 e. The number of anilines is 2. The highest BCUT2D eigenvalue weighted by molar-refractivity contribution is 5.56. The first-order valence-electron chi connectivity index (χ1n) is 6.05. The Hall–Kier alpha value is -2.00. The fraction of sp³-hybridized carbons (Fsp3) is 0.200. The molecule has 3 nitrogen and oxygen atoms in total. The van der Waals surface area contributed by atoms with E-state index in [9.17, 15) is 5.11 Å². The fourth-order valence-corrected chi connectivity index (χ4v) is 1.93. The zero-order chi connectivity index (χ0) is 12.8. The van der Waals surface area contributed by atoms with E-state index in [0.29, 0.717) is 6.54 Å². The summed E-state index contributed by atoms with van der Waals surface area (Å²) in [5.41, 5.74) is 2.16. The molecule has 0 aliphatic heterocycles. The first-order valence-corrected chi connectivity index (χ1v) is 6.05. The highest BCUT2D eigenvalue weighted by Gasteiger charge is 2.11. The van der Waals surface area contributed by atoms with Gasteiger partial charge in [0.05, 0.1) is 24.5 Å². The molecule has 0 saturated carbocycles. The summed E-state index contributed by atoms with van der Waals surface area (Å²) >= 11 is 0. The Morgan fingerprint density at radius 1 is 0.833 bits per heavy atom. The minimum atomic E-state index is 0.117. The minimum absolute atomic E-state index is 0.117. The number of hydrogen-bond donors (Lipinski definition) is 1. The van der Waals surface area contributed by atoms with E-state index in [2.05, 4.69) is 5.01 Å². The van der Waals surface area contributed by atoms with Crippen molar-refractivity contribution in [1.29, 1.82) is 0 Å². The second-order valence-corrected chi connectivity index (χ2v) is 4.04. The summed E-state index contributed by atoms with van der Waals surface area (Å²) in [5, 5.41) is 13.3. The van der Waals surface area contributed by atoms with Crippen molar-refractivity contribution in [2.45, 2.75) is 0 Å². The zero-order valence-corrected chi connectivity index (χ0v) is 10.5. The molecule has 18 heavy (non-hydrogen) atoms. The molecule has 0 heterocycles. The van der Waals surface area contributed by atoms with Crippen LogP contribution in [0, 0.1) is 0 Å². The first kappa shape index (κ1) is 12.5. The van der Waals surface area contributed by atoms with Gasteiger partial charge in [0.25, 0.3) is 0 Å². The lowest BCUT2D eigenvalue weighted by Crippen LogP contribution is -2.42. The van der Waals surface area contributed by atoms with Gasteiger partial charge in [-0.05, 0) is 24.3 Å². The lowest BCUT2D eigenvalue weighted by molar-refractivity contribution is 0.301. The van der Waals surface area contributed by atoms with Gasteiger partial charge < -0.3 is 5.11 Å². The maximum Gasteiger partial charge on any atom is 0.0628 e. The van der Waals surface area contributed by atoms with Gasteiger partial charge in [0.1, 0.15) is 0 Å². The third kappa shape index (κ3) is 2.81. The van der Waals surface area contributed by atoms with Crippen LogP contribution in [0.15, 0.2) is 60.7 Å². The van der Waals surface area contributed by atoms with Crippen LogP contribution in [-0.4, -0.2) is 25.3 Å². The number of hydrazine groups is 1. The summed E-state index contributed by atoms with van der Waals surface area (Å²) in [5.74, 6) is 0. The van der Waals surface area contributed by atoms with Crippen molar-refractivity contribution < 1.29 is 5.11 Å². The molecule has 0 aliphatic carbocycles. The third-order valence-corrected chi connectivity index (χ3v) is 2.86. The Bertz CT molecular complexity index is 458. The van der Waals surface area contributed by atoms with Crippen molar-refractivity contribution in [2.24, 2.45) is 0 Å². The Balaban J connectivity index is 2.26. The molecule has 2 rings (SSSR count). The summed E-state index contributed by atoms with van der Waals surface area (Å²) in [7, 11) is 2.00. The van der Waals surface area contributed by atoms with Gasteiger partial charge in [-0.2, -0.15) is 0 Å². The number of para-hydroxylation sites is 2. The summed E-state index contributed by atoms with van der Waals surface area (Å²) in [6.07, 6.45) is 0. The molecule has 0 spiro atoms. The molecule has 0 aromatic heterocycles. The maximum absolute atomic E-state index is 9.23. The number of aliphatic hydroxyl groups is 1. The van der Waals surface area contributed by atoms with Gasteiger partial charge in [-0.3, -0.25) is 10.0 Å².